The summed E-state index contributed by atoms with van der Waals surface area (Å²) in [5, 5.41) is 0. The first kappa shape index (κ1) is 6.68. The van der Waals surface area contributed by atoms with Crippen LogP contribution < -0.4 is 5.73 Å². The van der Waals surface area contributed by atoms with E-state index < -0.39 is 0 Å². The fourth-order valence-corrected chi connectivity index (χ4v) is 1.41. The van der Waals surface area contributed by atoms with E-state index in [1.165, 1.54) is 5.57 Å². The Morgan fingerprint density at radius 1 is 1.55 bits per heavy atom. The van der Waals surface area contributed by atoms with Gasteiger partial charge in [-0.05, 0) is 30.5 Å². The topological polar surface area (TPSA) is 39.2 Å². The fraction of sp³-hybridized carbons (Fsp3) is 0.333. The molecule has 1 unspecified atom stereocenters. The van der Waals surface area contributed by atoms with E-state index in [2.05, 4.69) is 6.08 Å². The van der Waals surface area contributed by atoms with Gasteiger partial charge in [-0.1, -0.05) is 6.08 Å². The highest BCUT2D eigenvalue weighted by Crippen LogP contribution is 2.26. The maximum absolute atomic E-state index is 5.71. The van der Waals surface area contributed by atoms with Crippen molar-refractivity contribution in [1.82, 2.24) is 0 Å². The van der Waals surface area contributed by atoms with Crippen LogP contribution in [-0.2, 0) is 0 Å². The normalized spacial score (nSPS) is 23.7. The summed E-state index contributed by atoms with van der Waals surface area (Å²) in [6.45, 7) is 0. The Hall–Kier alpha value is -1.02. The fourth-order valence-electron chi connectivity index (χ4n) is 1.41. The smallest absolute Gasteiger partial charge is 0.129 e. The van der Waals surface area contributed by atoms with Crippen molar-refractivity contribution in [3.63, 3.8) is 0 Å². The molecular weight excluding hydrogens is 138 g/mol. The van der Waals surface area contributed by atoms with Gasteiger partial charge in [-0.3, -0.25) is 0 Å². The molecule has 1 aromatic rings. The SMILES string of the molecule is NC1C=C(c2ccco2)CC1. The standard InChI is InChI=1S/C9H11NO/c10-8-4-3-7(6-8)9-2-1-5-11-9/h1-2,5-6,8H,3-4,10H2. The number of allylic oxidation sites excluding steroid dienone is 1. The summed E-state index contributed by atoms with van der Waals surface area (Å²) in [5.74, 6) is 0.970. The molecule has 1 aliphatic carbocycles. The molecule has 1 aliphatic rings. The molecule has 0 aromatic carbocycles. The van der Waals surface area contributed by atoms with Crippen LogP contribution in [0.1, 0.15) is 18.6 Å². The highest BCUT2D eigenvalue weighted by molar-refractivity contribution is 5.64. The van der Waals surface area contributed by atoms with E-state index in [4.69, 9.17) is 10.2 Å². The molecular formula is C9H11NO. The molecule has 0 saturated carbocycles. The van der Waals surface area contributed by atoms with E-state index in [1.807, 2.05) is 12.1 Å². The van der Waals surface area contributed by atoms with E-state index in [1.54, 1.807) is 6.26 Å². The molecule has 0 bridgehead atoms. The summed E-state index contributed by atoms with van der Waals surface area (Å²) in [5.41, 5.74) is 6.97. The van der Waals surface area contributed by atoms with Crippen LogP contribution in [0.4, 0.5) is 0 Å². The molecule has 2 nitrogen and oxygen atoms in total. The van der Waals surface area contributed by atoms with Gasteiger partial charge >= 0.3 is 0 Å². The maximum Gasteiger partial charge on any atom is 0.129 e. The van der Waals surface area contributed by atoms with Gasteiger partial charge in [0, 0.05) is 6.04 Å². The second-order valence-electron chi connectivity index (χ2n) is 2.87. The van der Waals surface area contributed by atoms with Gasteiger partial charge in [-0.2, -0.15) is 0 Å². The highest BCUT2D eigenvalue weighted by Gasteiger charge is 2.14. The number of furan rings is 1. The lowest BCUT2D eigenvalue weighted by Gasteiger charge is -1.92. The Morgan fingerprint density at radius 2 is 2.45 bits per heavy atom. The highest BCUT2D eigenvalue weighted by atomic mass is 16.3. The van der Waals surface area contributed by atoms with Crippen molar-refractivity contribution in [3.05, 3.63) is 30.2 Å². The van der Waals surface area contributed by atoms with Crippen LogP contribution in [0.3, 0.4) is 0 Å². The van der Waals surface area contributed by atoms with Gasteiger partial charge in [-0.15, -0.1) is 0 Å². The monoisotopic (exact) mass is 149 g/mol. The summed E-state index contributed by atoms with van der Waals surface area (Å²) in [7, 11) is 0. The summed E-state index contributed by atoms with van der Waals surface area (Å²) in [6.07, 6.45) is 5.88. The molecule has 1 aromatic heterocycles. The molecule has 2 rings (SSSR count). The van der Waals surface area contributed by atoms with Gasteiger partial charge in [0.2, 0.25) is 0 Å². The second kappa shape index (κ2) is 2.55. The van der Waals surface area contributed by atoms with Gasteiger partial charge < -0.3 is 10.2 Å². The third-order valence-corrected chi connectivity index (χ3v) is 2.00. The van der Waals surface area contributed by atoms with Gasteiger partial charge in [0.05, 0.1) is 6.26 Å². The summed E-state index contributed by atoms with van der Waals surface area (Å²) in [4.78, 5) is 0. The predicted octanol–water partition coefficient (Wildman–Crippen LogP) is 1.78. The van der Waals surface area contributed by atoms with Gasteiger partial charge in [0.25, 0.3) is 0 Å². The first-order valence-electron chi connectivity index (χ1n) is 3.86. The van der Waals surface area contributed by atoms with Crippen LogP contribution in [0, 0.1) is 0 Å². The summed E-state index contributed by atoms with van der Waals surface area (Å²) >= 11 is 0. The van der Waals surface area contributed by atoms with Crippen molar-refractivity contribution >= 4 is 5.57 Å². The molecule has 0 radical (unpaired) electrons. The van der Waals surface area contributed by atoms with Crippen LogP contribution in [0.15, 0.2) is 28.9 Å². The van der Waals surface area contributed by atoms with E-state index in [0.29, 0.717) is 0 Å². The van der Waals surface area contributed by atoms with Crippen LogP contribution in [0.25, 0.3) is 5.57 Å². The van der Waals surface area contributed by atoms with Crippen LogP contribution in [-0.4, -0.2) is 6.04 Å². The van der Waals surface area contributed by atoms with Crippen LogP contribution >= 0.6 is 0 Å². The molecule has 2 N–H and O–H groups in total. The number of hydrogen-bond acceptors (Lipinski definition) is 2. The zero-order chi connectivity index (χ0) is 7.68. The van der Waals surface area contributed by atoms with E-state index in [9.17, 15) is 0 Å². The predicted molar refractivity (Wildman–Crippen MR) is 43.9 cm³/mol. The molecule has 0 fully saturated rings. The molecule has 2 heteroatoms. The number of nitrogens with two attached hydrogens (primary N) is 1. The van der Waals surface area contributed by atoms with E-state index in [-0.39, 0.29) is 6.04 Å². The third-order valence-electron chi connectivity index (χ3n) is 2.00. The van der Waals surface area contributed by atoms with Crippen molar-refractivity contribution < 1.29 is 4.42 Å². The van der Waals surface area contributed by atoms with Crippen molar-refractivity contribution in [2.45, 2.75) is 18.9 Å². The molecule has 1 heterocycles. The minimum absolute atomic E-state index is 0.232. The molecule has 0 aliphatic heterocycles. The van der Waals surface area contributed by atoms with Crippen molar-refractivity contribution in [2.24, 2.45) is 5.73 Å². The molecule has 1 atom stereocenters. The Bertz CT molecular complexity index is 261. The molecule has 11 heavy (non-hydrogen) atoms. The first-order valence-corrected chi connectivity index (χ1v) is 3.86. The van der Waals surface area contributed by atoms with Crippen molar-refractivity contribution in [1.29, 1.82) is 0 Å². The largest absolute Gasteiger partial charge is 0.465 e. The summed E-state index contributed by atoms with van der Waals surface area (Å²) in [6, 6.07) is 4.11. The van der Waals surface area contributed by atoms with Crippen LogP contribution in [0.5, 0.6) is 0 Å². The Labute approximate surface area is 65.7 Å². The number of hydrogen-bond donors (Lipinski definition) is 1. The minimum Gasteiger partial charge on any atom is -0.465 e. The quantitative estimate of drug-likeness (QED) is 0.661. The Morgan fingerprint density at radius 3 is 3.00 bits per heavy atom. The lowest BCUT2D eigenvalue weighted by molar-refractivity contribution is 0.551. The van der Waals surface area contributed by atoms with Crippen molar-refractivity contribution in [3.8, 4) is 0 Å². The molecule has 0 saturated heterocycles. The Balaban J connectivity index is 2.25. The maximum atomic E-state index is 5.71. The average Bonchev–Trinajstić information content (AvgIpc) is 2.55. The van der Waals surface area contributed by atoms with Gasteiger partial charge in [0.15, 0.2) is 0 Å². The zero-order valence-corrected chi connectivity index (χ0v) is 6.29. The Kier molecular flexibility index (Phi) is 1.55. The number of rotatable bonds is 1. The molecule has 0 spiro atoms. The molecule has 58 valence electrons. The second-order valence-corrected chi connectivity index (χ2v) is 2.87. The zero-order valence-electron chi connectivity index (χ0n) is 6.29. The van der Waals surface area contributed by atoms with Crippen molar-refractivity contribution in [2.75, 3.05) is 0 Å². The van der Waals surface area contributed by atoms with Crippen LogP contribution in [0.2, 0.25) is 0 Å². The lowest BCUT2D eigenvalue weighted by Crippen LogP contribution is -2.11. The minimum atomic E-state index is 0.232. The van der Waals surface area contributed by atoms with Gasteiger partial charge in [-0.25, -0.2) is 0 Å². The summed E-state index contributed by atoms with van der Waals surface area (Å²) < 4.78 is 5.24. The average molecular weight is 149 g/mol. The third kappa shape index (κ3) is 1.21. The van der Waals surface area contributed by atoms with E-state index in [0.717, 1.165) is 18.6 Å². The van der Waals surface area contributed by atoms with E-state index >= 15 is 0 Å². The lowest BCUT2D eigenvalue weighted by atomic mass is 10.2. The molecule has 0 amide bonds. The van der Waals surface area contributed by atoms with Gasteiger partial charge in [0.1, 0.15) is 5.76 Å². The first-order chi connectivity index (χ1) is 5.36.